The van der Waals surface area contributed by atoms with Crippen molar-refractivity contribution in [1.29, 1.82) is 0 Å². The second kappa shape index (κ2) is 5.80. The summed E-state index contributed by atoms with van der Waals surface area (Å²) in [7, 11) is 1.95. The number of halogens is 1. The molecule has 2 rings (SSSR count). The highest BCUT2D eigenvalue weighted by molar-refractivity contribution is 5.54. The number of nitrogens with two attached hydrogens (primary N) is 1. The molecule has 3 nitrogen and oxygen atoms in total. The first kappa shape index (κ1) is 13.5. The zero-order valence-electron chi connectivity index (χ0n) is 11.2. The summed E-state index contributed by atoms with van der Waals surface area (Å²) < 4.78 is 13.3. The van der Waals surface area contributed by atoms with Gasteiger partial charge < -0.3 is 10.6 Å². The normalized spacial score (nSPS) is 12.2. The number of rotatable bonds is 4. The van der Waals surface area contributed by atoms with Crippen LogP contribution in [0.15, 0.2) is 42.6 Å². The maximum atomic E-state index is 13.3. The van der Waals surface area contributed by atoms with E-state index in [0.717, 1.165) is 16.9 Å². The molecule has 1 aromatic carbocycles. The highest BCUT2D eigenvalue weighted by atomic mass is 19.1. The lowest BCUT2D eigenvalue weighted by atomic mass is 10.1. The Morgan fingerprint density at radius 3 is 2.74 bits per heavy atom. The quantitative estimate of drug-likeness (QED) is 0.918. The second-order valence-electron chi connectivity index (χ2n) is 4.67. The summed E-state index contributed by atoms with van der Waals surface area (Å²) in [6, 6.07) is 10.3. The van der Waals surface area contributed by atoms with E-state index in [1.165, 1.54) is 12.1 Å². The standard InChI is InChI=1S/C15H18FN3/c1-11(17)14-9-12(16)6-7-15(14)19(2)10-13-5-3-4-8-18-13/h3-9,11H,10,17H2,1-2H3/t11-/m1/s1. The Balaban J connectivity index is 2.26. The smallest absolute Gasteiger partial charge is 0.123 e. The number of aromatic nitrogens is 1. The van der Waals surface area contributed by atoms with Crippen LogP contribution < -0.4 is 10.6 Å². The van der Waals surface area contributed by atoms with Crippen LogP contribution in [0.3, 0.4) is 0 Å². The van der Waals surface area contributed by atoms with E-state index in [-0.39, 0.29) is 11.9 Å². The van der Waals surface area contributed by atoms with Gasteiger partial charge in [0.2, 0.25) is 0 Å². The summed E-state index contributed by atoms with van der Waals surface area (Å²) >= 11 is 0. The average Bonchev–Trinajstić information content (AvgIpc) is 2.39. The van der Waals surface area contributed by atoms with Gasteiger partial charge in [-0.3, -0.25) is 4.98 Å². The molecule has 1 heterocycles. The molecule has 0 aliphatic heterocycles. The Morgan fingerprint density at radius 2 is 2.11 bits per heavy atom. The fraction of sp³-hybridized carbons (Fsp3) is 0.267. The summed E-state index contributed by atoms with van der Waals surface area (Å²) in [5.74, 6) is -0.262. The van der Waals surface area contributed by atoms with Crippen molar-refractivity contribution in [2.45, 2.75) is 19.5 Å². The van der Waals surface area contributed by atoms with Crippen molar-refractivity contribution < 1.29 is 4.39 Å². The number of nitrogens with zero attached hydrogens (tertiary/aromatic N) is 2. The van der Waals surface area contributed by atoms with Crippen molar-refractivity contribution in [3.63, 3.8) is 0 Å². The van der Waals surface area contributed by atoms with Gasteiger partial charge in [0.1, 0.15) is 5.82 Å². The Kier molecular flexibility index (Phi) is 4.12. The zero-order valence-corrected chi connectivity index (χ0v) is 11.2. The fourth-order valence-corrected chi connectivity index (χ4v) is 2.06. The summed E-state index contributed by atoms with van der Waals surface area (Å²) in [6.07, 6.45) is 1.76. The lowest BCUT2D eigenvalue weighted by Gasteiger charge is -2.23. The molecule has 100 valence electrons. The Morgan fingerprint density at radius 1 is 1.32 bits per heavy atom. The topological polar surface area (TPSA) is 42.1 Å². The molecular formula is C15H18FN3. The van der Waals surface area contributed by atoms with Gasteiger partial charge in [0.15, 0.2) is 0 Å². The number of hydrogen-bond donors (Lipinski definition) is 1. The Labute approximate surface area is 112 Å². The molecular weight excluding hydrogens is 241 g/mol. The lowest BCUT2D eigenvalue weighted by molar-refractivity contribution is 0.621. The minimum Gasteiger partial charge on any atom is -0.368 e. The molecule has 0 amide bonds. The zero-order chi connectivity index (χ0) is 13.8. The van der Waals surface area contributed by atoms with E-state index < -0.39 is 0 Å². The van der Waals surface area contributed by atoms with Gasteiger partial charge in [0, 0.05) is 25.0 Å². The first-order valence-electron chi connectivity index (χ1n) is 6.24. The van der Waals surface area contributed by atoms with E-state index >= 15 is 0 Å². The monoisotopic (exact) mass is 259 g/mol. The highest BCUT2D eigenvalue weighted by Crippen LogP contribution is 2.26. The van der Waals surface area contributed by atoms with E-state index in [1.807, 2.05) is 37.1 Å². The van der Waals surface area contributed by atoms with Crippen molar-refractivity contribution >= 4 is 5.69 Å². The summed E-state index contributed by atoms with van der Waals surface area (Å²) in [4.78, 5) is 6.32. The molecule has 0 radical (unpaired) electrons. The average molecular weight is 259 g/mol. The van der Waals surface area contributed by atoms with Crippen molar-refractivity contribution in [2.75, 3.05) is 11.9 Å². The first-order valence-corrected chi connectivity index (χ1v) is 6.24. The molecule has 0 aliphatic rings. The minimum atomic E-state index is -0.262. The Bertz CT molecular complexity index is 540. The number of anilines is 1. The highest BCUT2D eigenvalue weighted by Gasteiger charge is 2.12. The largest absolute Gasteiger partial charge is 0.368 e. The maximum Gasteiger partial charge on any atom is 0.123 e. The van der Waals surface area contributed by atoms with Crippen molar-refractivity contribution in [3.8, 4) is 0 Å². The van der Waals surface area contributed by atoms with Gasteiger partial charge in [-0.2, -0.15) is 0 Å². The van der Waals surface area contributed by atoms with E-state index in [0.29, 0.717) is 6.54 Å². The molecule has 0 saturated carbocycles. The molecule has 2 aromatic rings. The molecule has 0 saturated heterocycles. The molecule has 2 N–H and O–H groups in total. The van der Waals surface area contributed by atoms with Crippen LogP contribution in [0.5, 0.6) is 0 Å². The summed E-state index contributed by atoms with van der Waals surface area (Å²) in [5.41, 5.74) is 8.61. The van der Waals surface area contributed by atoms with Gasteiger partial charge in [0.05, 0.1) is 12.2 Å². The van der Waals surface area contributed by atoms with Crippen LogP contribution >= 0.6 is 0 Å². The van der Waals surface area contributed by atoms with Gasteiger partial charge in [0.25, 0.3) is 0 Å². The summed E-state index contributed by atoms with van der Waals surface area (Å²) in [5, 5.41) is 0. The third-order valence-corrected chi connectivity index (χ3v) is 3.02. The lowest BCUT2D eigenvalue weighted by Crippen LogP contribution is -2.20. The van der Waals surface area contributed by atoms with Gasteiger partial charge in [-0.1, -0.05) is 6.07 Å². The van der Waals surface area contributed by atoms with Crippen LogP contribution in [0.2, 0.25) is 0 Å². The van der Waals surface area contributed by atoms with Gasteiger partial charge >= 0.3 is 0 Å². The van der Waals surface area contributed by atoms with E-state index in [9.17, 15) is 4.39 Å². The molecule has 0 aliphatic carbocycles. The van der Waals surface area contributed by atoms with Gasteiger partial charge in [-0.15, -0.1) is 0 Å². The molecule has 0 spiro atoms. The third-order valence-electron chi connectivity index (χ3n) is 3.02. The van der Waals surface area contributed by atoms with Crippen LogP contribution in [0.25, 0.3) is 0 Å². The molecule has 4 heteroatoms. The second-order valence-corrected chi connectivity index (χ2v) is 4.67. The van der Waals surface area contributed by atoms with Crippen LogP contribution in [-0.4, -0.2) is 12.0 Å². The van der Waals surface area contributed by atoms with E-state index in [1.54, 1.807) is 12.3 Å². The van der Waals surface area contributed by atoms with E-state index in [4.69, 9.17) is 5.73 Å². The molecule has 19 heavy (non-hydrogen) atoms. The predicted octanol–water partition coefficient (Wildman–Crippen LogP) is 2.88. The first-order chi connectivity index (χ1) is 9.08. The van der Waals surface area contributed by atoms with E-state index in [2.05, 4.69) is 4.98 Å². The van der Waals surface area contributed by atoms with Gasteiger partial charge in [-0.25, -0.2) is 4.39 Å². The fourth-order valence-electron chi connectivity index (χ4n) is 2.06. The SMILES string of the molecule is C[C@@H](N)c1cc(F)ccc1N(C)Cc1ccccn1. The number of pyridine rings is 1. The van der Waals surface area contributed by atoms with Crippen molar-refractivity contribution in [1.82, 2.24) is 4.98 Å². The minimum absolute atomic E-state index is 0.211. The van der Waals surface area contributed by atoms with Crippen LogP contribution in [0.4, 0.5) is 10.1 Å². The third kappa shape index (κ3) is 3.29. The van der Waals surface area contributed by atoms with Crippen LogP contribution in [0.1, 0.15) is 24.2 Å². The molecule has 0 fully saturated rings. The van der Waals surface area contributed by atoms with Gasteiger partial charge in [-0.05, 0) is 42.8 Å². The molecule has 1 atom stereocenters. The molecule has 0 unspecified atom stereocenters. The van der Waals surface area contributed by atoms with Crippen molar-refractivity contribution in [2.24, 2.45) is 5.73 Å². The molecule has 0 bridgehead atoms. The van der Waals surface area contributed by atoms with Crippen molar-refractivity contribution in [3.05, 3.63) is 59.7 Å². The predicted molar refractivity (Wildman–Crippen MR) is 75.3 cm³/mol. The van der Waals surface area contributed by atoms with Crippen LogP contribution in [0, 0.1) is 5.82 Å². The maximum absolute atomic E-state index is 13.3. The summed E-state index contributed by atoms with van der Waals surface area (Å²) in [6.45, 7) is 2.51. The number of benzene rings is 1. The Hall–Kier alpha value is -1.94. The number of hydrogen-bond acceptors (Lipinski definition) is 3. The van der Waals surface area contributed by atoms with Crippen LogP contribution in [-0.2, 0) is 6.54 Å². The molecule has 1 aromatic heterocycles.